The third-order valence-electron chi connectivity index (χ3n) is 3.39. The fourth-order valence-corrected chi connectivity index (χ4v) is 3.66. The quantitative estimate of drug-likeness (QED) is 0.807. The highest BCUT2D eigenvalue weighted by Gasteiger charge is 2.39. The molecule has 0 bridgehead atoms. The third kappa shape index (κ3) is 4.15. The molecule has 1 aromatic carbocycles. The molecule has 1 amide bonds. The topological polar surface area (TPSA) is 63.7 Å². The van der Waals surface area contributed by atoms with Gasteiger partial charge in [0.25, 0.3) is 10.0 Å². The third-order valence-corrected chi connectivity index (χ3v) is 4.86. The molecular formula is C15H16F3NO4S. The zero-order chi connectivity index (χ0) is 18.0. The lowest BCUT2D eigenvalue weighted by molar-refractivity contribution is -0.137. The lowest BCUT2D eigenvalue weighted by Gasteiger charge is -2.22. The lowest BCUT2D eigenvalue weighted by Crippen LogP contribution is -2.38. The van der Waals surface area contributed by atoms with Gasteiger partial charge in [-0.25, -0.2) is 12.7 Å². The Morgan fingerprint density at radius 3 is 2.71 bits per heavy atom. The number of hydrogen-bond donors (Lipinski definition) is 0. The summed E-state index contributed by atoms with van der Waals surface area (Å²) in [5.41, 5.74) is -0.820. The van der Waals surface area contributed by atoms with Crippen LogP contribution < -0.4 is 0 Å². The van der Waals surface area contributed by atoms with Gasteiger partial charge in [-0.1, -0.05) is 12.1 Å². The Morgan fingerprint density at radius 1 is 1.38 bits per heavy atom. The molecule has 1 heterocycles. The van der Waals surface area contributed by atoms with Gasteiger partial charge in [0.1, 0.15) is 6.23 Å². The molecule has 0 spiro atoms. The Bertz CT molecular complexity index is 743. The van der Waals surface area contributed by atoms with E-state index in [0.717, 1.165) is 23.6 Å². The van der Waals surface area contributed by atoms with E-state index >= 15 is 0 Å². The molecular weight excluding hydrogens is 347 g/mol. The van der Waals surface area contributed by atoms with Crippen LogP contribution in [-0.4, -0.2) is 31.5 Å². The van der Waals surface area contributed by atoms with Crippen molar-refractivity contribution in [1.29, 1.82) is 0 Å². The molecule has 0 aliphatic carbocycles. The number of halogens is 3. The van der Waals surface area contributed by atoms with Gasteiger partial charge >= 0.3 is 6.18 Å². The fourth-order valence-electron chi connectivity index (χ4n) is 2.33. The molecule has 1 atom stereocenters. The summed E-state index contributed by atoms with van der Waals surface area (Å²) in [5.74, 6) is -0.595. The van der Waals surface area contributed by atoms with Gasteiger partial charge < -0.3 is 4.74 Å². The van der Waals surface area contributed by atoms with E-state index in [9.17, 15) is 26.4 Å². The molecule has 1 aliphatic heterocycles. The number of benzene rings is 1. The Hall–Kier alpha value is -1.87. The number of ether oxygens (including phenoxy) is 1. The molecule has 2 rings (SSSR count). The summed E-state index contributed by atoms with van der Waals surface area (Å²) >= 11 is 0. The second-order valence-corrected chi connectivity index (χ2v) is 6.80. The number of rotatable bonds is 5. The summed E-state index contributed by atoms with van der Waals surface area (Å²) in [7, 11) is -4.13. The van der Waals surface area contributed by atoms with E-state index in [2.05, 4.69) is 0 Å². The Balaban J connectivity index is 2.25. The van der Waals surface area contributed by atoms with Crippen molar-refractivity contribution in [2.24, 2.45) is 0 Å². The molecule has 0 saturated carbocycles. The van der Waals surface area contributed by atoms with Crippen LogP contribution in [-0.2, 0) is 25.7 Å². The van der Waals surface area contributed by atoms with E-state index in [1.165, 1.54) is 12.1 Å². The molecule has 5 nitrogen and oxygen atoms in total. The van der Waals surface area contributed by atoms with Crippen LogP contribution in [0.1, 0.15) is 30.9 Å². The van der Waals surface area contributed by atoms with E-state index < -0.39 is 33.9 Å². The maximum absolute atomic E-state index is 12.7. The standard InChI is InChI=1S/C15H16F3NO4S/c1-2-23-14-7-6-13(20)19(14)24(21,22)9-8-11-4-3-5-12(10-11)15(16,17)18/h3-5,8-10,14H,2,6-7H2,1H3. The highest BCUT2D eigenvalue weighted by atomic mass is 32.2. The normalized spacial score (nSPS) is 19.4. The van der Waals surface area contributed by atoms with Crippen molar-refractivity contribution in [2.75, 3.05) is 6.61 Å². The maximum atomic E-state index is 12.7. The van der Waals surface area contributed by atoms with Crippen molar-refractivity contribution < 1.29 is 31.1 Å². The number of alkyl halides is 3. The highest BCUT2D eigenvalue weighted by molar-refractivity contribution is 7.92. The van der Waals surface area contributed by atoms with E-state index in [0.29, 0.717) is 4.31 Å². The molecule has 1 aromatic rings. The van der Waals surface area contributed by atoms with Crippen LogP contribution in [0.3, 0.4) is 0 Å². The lowest BCUT2D eigenvalue weighted by atomic mass is 10.1. The fraction of sp³-hybridized carbons (Fsp3) is 0.400. The predicted molar refractivity (Wildman–Crippen MR) is 80.9 cm³/mol. The first-order chi connectivity index (χ1) is 11.1. The first kappa shape index (κ1) is 18.5. The summed E-state index contributed by atoms with van der Waals surface area (Å²) < 4.78 is 68.5. The van der Waals surface area contributed by atoms with Crippen LogP contribution in [0.4, 0.5) is 13.2 Å². The Labute approximate surface area is 137 Å². The molecule has 1 unspecified atom stereocenters. The monoisotopic (exact) mass is 363 g/mol. The van der Waals surface area contributed by atoms with Crippen LogP contribution in [0, 0.1) is 0 Å². The Morgan fingerprint density at radius 2 is 2.08 bits per heavy atom. The SMILES string of the molecule is CCOC1CCC(=O)N1S(=O)(=O)C=Cc1cccc(C(F)(F)F)c1. The smallest absolute Gasteiger partial charge is 0.357 e. The molecule has 9 heteroatoms. The number of carbonyl (C=O) groups is 1. The van der Waals surface area contributed by atoms with Crippen molar-refractivity contribution >= 4 is 22.0 Å². The summed E-state index contributed by atoms with van der Waals surface area (Å²) in [6.45, 7) is 1.91. The average Bonchev–Trinajstić information content (AvgIpc) is 2.87. The number of nitrogens with zero attached hydrogens (tertiary/aromatic N) is 1. The second kappa shape index (κ2) is 6.94. The van der Waals surface area contributed by atoms with Crippen LogP contribution in [0.25, 0.3) is 6.08 Å². The van der Waals surface area contributed by atoms with Crippen LogP contribution in [0.2, 0.25) is 0 Å². The van der Waals surface area contributed by atoms with Gasteiger partial charge in [-0.3, -0.25) is 4.79 Å². The molecule has 0 aromatic heterocycles. The minimum absolute atomic E-state index is 0.0430. The van der Waals surface area contributed by atoms with Crippen molar-refractivity contribution in [3.63, 3.8) is 0 Å². The molecule has 132 valence electrons. The van der Waals surface area contributed by atoms with Gasteiger partial charge in [0.2, 0.25) is 5.91 Å². The van der Waals surface area contributed by atoms with E-state index in [1.807, 2.05) is 0 Å². The van der Waals surface area contributed by atoms with Gasteiger partial charge in [-0.05, 0) is 30.7 Å². The summed E-state index contributed by atoms with van der Waals surface area (Å²) in [6.07, 6.45) is -4.07. The van der Waals surface area contributed by atoms with E-state index in [4.69, 9.17) is 4.74 Å². The number of hydrogen-bond acceptors (Lipinski definition) is 4. The first-order valence-electron chi connectivity index (χ1n) is 7.19. The number of amides is 1. The highest BCUT2D eigenvalue weighted by Crippen LogP contribution is 2.30. The molecule has 1 aliphatic rings. The second-order valence-electron chi connectivity index (χ2n) is 5.11. The average molecular weight is 363 g/mol. The molecule has 24 heavy (non-hydrogen) atoms. The van der Waals surface area contributed by atoms with Gasteiger partial charge in [-0.2, -0.15) is 13.2 Å². The van der Waals surface area contributed by atoms with Crippen LogP contribution in [0.15, 0.2) is 29.7 Å². The molecule has 0 N–H and O–H groups in total. The zero-order valence-electron chi connectivity index (χ0n) is 12.8. The molecule has 0 radical (unpaired) electrons. The summed E-state index contributed by atoms with van der Waals surface area (Å²) in [5, 5.41) is 0.720. The van der Waals surface area contributed by atoms with Gasteiger partial charge in [0.15, 0.2) is 0 Å². The minimum atomic E-state index is -4.52. The van der Waals surface area contributed by atoms with Crippen molar-refractivity contribution in [3.8, 4) is 0 Å². The van der Waals surface area contributed by atoms with Crippen LogP contribution in [0.5, 0.6) is 0 Å². The molecule has 1 saturated heterocycles. The molecule has 1 fully saturated rings. The van der Waals surface area contributed by atoms with Crippen molar-refractivity contribution in [1.82, 2.24) is 4.31 Å². The maximum Gasteiger partial charge on any atom is 0.416 e. The number of carbonyl (C=O) groups excluding carboxylic acids is 1. The van der Waals surface area contributed by atoms with Gasteiger partial charge in [0.05, 0.1) is 11.0 Å². The van der Waals surface area contributed by atoms with E-state index in [1.54, 1.807) is 6.92 Å². The number of sulfonamides is 1. The van der Waals surface area contributed by atoms with Crippen molar-refractivity contribution in [2.45, 2.75) is 32.2 Å². The predicted octanol–water partition coefficient (Wildman–Crippen LogP) is 2.99. The minimum Gasteiger partial charge on any atom is -0.357 e. The van der Waals surface area contributed by atoms with Crippen molar-refractivity contribution in [3.05, 3.63) is 40.8 Å². The van der Waals surface area contributed by atoms with Gasteiger partial charge in [-0.15, -0.1) is 0 Å². The summed E-state index contributed by atoms with van der Waals surface area (Å²) in [6, 6.07) is 4.24. The summed E-state index contributed by atoms with van der Waals surface area (Å²) in [4.78, 5) is 11.8. The first-order valence-corrected chi connectivity index (χ1v) is 8.69. The Kier molecular flexibility index (Phi) is 5.34. The largest absolute Gasteiger partial charge is 0.416 e. The van der Waals surface area contributed by atoms with Gasteiger partial charge in [0, 0.05) is 19.4 Å². The zero-order valence-corrected chi connectivity index (χ0v) is 13.6. The van der Waals surface area contributed by atoms with Crippen LogP contribution >= 0.6 is 0 Å². The van der Waals surface area contributed by atoms with E-state index in [-0.39, 0.29) is 25.0 Å².